The second kappa shape index (κ2) is 11.2. The summed E-state index contributed by atoms with van der Waals surface area (Å²) < 4.78 is 16.1. The Morgan fingerprint density at radius 1 is 1.00 bits per heavy atom. The molecule has 1 aliphatic heterocycles. The lowest BCUT2D eigenvalue weighted by atomic mass is 9.95. The molecule has 1 aromatic heterocycles. The number of nitrogens with zero attached hydrogens (tertiary/aromatic N) is 3. The summed E-state index contributed by atoms with van der Waals surface area (Å²) in [6.45, 7) is 2.58. The van der Waals surface area contributed by atoms with Crippen LogP contribution < -0.4 is 16.6 Å². The van der Waals surface area contributed by atoms with Crippen molar-refractivity contribution < 1.29 is 14.0 Å². The second-order valence-corrected chi connectivity index (χ2v) is 9.09. The van der Waals surface area contributed by atoms with Crippen molar-refractivity contribution in [1.82, 2.24) is 19.4 Å². The third-order valence-electron chi connectivity index (χ3n) is 6.55. The molecule has 8 nitrogen and oxygen atoms in total. The van der Waals surface area contributed by atoms with Crippen LogP contribution in [0.15, 0.2) is 70.4 Å². The number of carbonyl (C=O) groups is 2. The molecule has 4 rings (SSSR count). The number of piperidine rings is 1. The number of likely N-dealkylation sites (tertiary alicyclic amines) is 1. The number of benzene rings is 2. The Bertz CT molecular complexity index is 1360. The van der Waals surface area contributed by atoms with Gasteiger partial charge in [-0.2, -0.15) is 0 Å². The predicted octanol–water partition coefficient (Wildman–Crippen LogP) is 2.06. The van der Waals surface area contributed by atoms with Crippen LogP contribution in [0, 0.1) is 18.7 Å². The summed E-state index contributed by atoms with van der Waals surface area (Å²) in [5.74, 6) is -1.03. The zero-order valence-electron chi connectivity index (χ0n) is 20.2. The van der Waals surface area contributed by atoms with Gasteiger partial charge in [-0.15, -0.1) is 0 Å². The quantitative estimate of drug-likeness (QED) is 0.547. The fourth-order valence-electron chi connectivity index (χ4n) is 4.31. The van der Waals surface area contributed by atoms with Crippen molar-refractivity contribution in [1.29, 1.82) is 0 Å². The molecular weight excluding hydrogens is 463 g/mol. The molecule has 1 fully saturated rings. The van der Waals surface area contributed by atoms with Gasteiger partial charge in [-0.3, -0.25) is 23.5 Å². The maximum atomic E-state index is 13.7. The summed E-state index contributed by atoms with van der Waals surface area (Å²) >= 11 is 0. The van der Waals surface area contributed by atoms with Gasteiger partial charge >= 0.3 is 5.69 Å². The molecule has 36 heavy (non-hydrogen) atoms. The van der Waals surface area contributed by atoms with Gasteiger partial charge in [0.15, 0.2) is 0 Å². The van der Waals surface area contributed by atoms with Crippen molar-refractivity contribution in [3.05, 3.63) is 104 Å². The van der Waals surface area contributed by atoms with Crippen molar-refractivity contribution in [2.75, 3.05) is 13.1 Å². The molecule has 188 valence electrons. The van der Waals surface area contributed by atoms with E-state index in [-0.39, 0.29) is 36.6 Å². The number of amides is 2. The number of aryl methyl sites for hydroxylation is 1. The maximum absolute atomic E-state index is 13.7. The molecule has 0 radical (unpaired) electrons. The van der Waals surface area contributed by atoms with Gasteiger partial charge in [-0.05, 0) is 42.5 Å². The number of nitrogens with one attached hydrogen (secondary N) is 1. The number of hydrogen-bond acceptors (Lipinski definition) is 4. The van der Waals surface area contributed by atoms with Gasteiger partial charge in [0.1, 0.15) is 12.4 Å². The van der Waals surface area contributed by atoms with Crippen LogP contribution >= 0.6 is 0 Å². The Kier molecular flexibility index (Phi) is 7.77. The normalized spacial score (nSPS) is 14.0. The highest BCUT2D eigenvalue weighted by molar-refractivity contribution is 5.80. The number of hydrogen-bond donors (Lipinski definition) is 1. The first kappa shape index (κ1) is 25.1. The molecule has 0 spiro atoms. The number of rotatable bonds is 7. The average Bonchev–Trinajstić information content (AvgIpc) is 2.89. The SMILES string of the molecule is Cc1ccc(CNC(=O)C2CCN(C(=O)Cn3c(=O)ccn(Cc4ccccc4)c3=O)CC2)cc1F. The van der Waals surface area contributed by atoms with Crippen LogP contribution in [-0.4, -0.2) is 38.9 Å². The highest BCUT2D eigenvalue weighted by atomic mass is 19.1. The summed E-state index contributed by atoms with van der Waals surface area (Å²) in [6, 6.07) is 15.5. The van der Waals surface area contributed by atoms with Gasteiger partial charge in [0, 0.05) is 37.8 Å². The molecule has 9 heteroatoms. The van der Waals surface area contributed by atoms with Crippen LogP contribution in [0.1, 0.15) is 29.5 Å². The van der Waals surface area contributed by atoms with Gasteiger partial charge in [0.05, 0.1) is 6.54 Å². The van der Waals surface area contributed by atoms with Gasteiger partial charge in [-0.25, -0.2) is 9.18 Å². The van der Waals surface area contributed by atoms with Gasteiger partial charge in [-0.1, -0.05) is 42.5 Å². The van der Waals surface area contributed by atoms with Crippen molar-refractivity contribution in [3.8, 4) is 0 Å². The molecule has 2 heterocycles. The third-order valence-corrected chi connectivity index (χ3v) is 6.55. The summed E-state index contributed by atoms with van der Waals surface area (Å²) in [5, 5.41) is 2.84. The summed E-state index contributed by atoms with van der Waals surface area (Å²) in [6.07, 6.45) is 2.39. The molecule has 3 aromatic rings. The zero-order valence-corrected chi connectivity index (χ0v) is 20.2. The number of carbonyl (C=O) groups excluding carboxylic acids is 2. The first-order valence-corrected chi connectivity index (χ1v) is 12.0. The molecular formula is C27H29FN4O4. The Balaban J connectivity index is 1.32. The van der Waals surface area contributed by atoms with E-state index in [1.54, 1.807) is 24.0 Å². The fourth-order valence-corrected chi connectivity index (χ4v) is 4.31. The van der Waals surface area contributed by atoms with E-state index in [9.17, 15) is 23.6 Å². The standard InChI is InChI=1S/C27H29FN4O4/c1-19-7-8-21(15-23(19)28)16-29-26(35)22-9-12-30(13-10-22)25(34)18-32-24(33)11-14-31(27(32)36)17-20-5-3-2-4-6-20/h2-8,11,14-15,22H,9-10,12-13,16-18H2,1H3,(H,29,35). The van der Waals surface area contributed by atoms with Crippen LogP contribution in [-0.2, 0) is 29.2 Å². The molecule has 0 aliphatic carbocycles. The molecule has 1 N–H and O–H groups in total. The van der Waals surface area contributed by atoms with Crippen LogP contribution in [0.2, 0.25) is 0 Å². The van der Waals surface area contributed by atoms with E-state index in [1.807, 2.05) is 30.3 Å². The van der Waals surface area contributed by atoms with E-state index in [1.165, 1.54) is 22.9 Å². The minimum Gasteiger partial charge on any atom is -0.352 e. The minimum atomic E-state index is -0.540. The Hall–Kier alpha value is -4.01. The van der Waals surface area contributed by atoms with Crippen molar-refractivity contribution in [2.24, 2.45) is 5.92 Å². The molecule has 2 aromatic carbocycles. The summed E-state index contributed by atoms with van der Waals surface area (Å²) in [7, 11) is 0. The highest BCUT2D eigenvalue weighted by Crippen LogP contribution is 2.18. The van der Waals surface area contributed by atoms with E-state index >= 15 is 0 Å². The van der Waals surface area contributed by atoms with Crippen LogP contribution in [0.25, 0.3) is 0 Å². The first-order valence-electron chi connectivity index (χ1n) is 12.0. The Morgan fingerprint density at radius 2 is 1.72 bits per heavy atom. The predicted molar refractivity (Wildman–Crippen MR) is 133 cm³/mol. The van der Waals surface area contributed by atoms with E-state index in [0.29, 0.717) is 43.6 Å². The fraction of sp³-hybridized carbons (Fsp3) is 0.333. The smallest absolute Gasteiger partial charge is 0.331 e. The summed E-state index contributed by atoms with van der Waals surface area (Å²) in [4.78, 5) is 52.2. The Labute approximate surface area is 208 Å². The Morgan fingerprint density at radius 3 is 2.42 bits per heavy atom. The van der Waals surface area contributed by atoms with Crippen LogP contribution in [0.3, 0.4) is 0 Å². The lowest BCUT2D eigenvalue weighted by Crippen LogP contribution is -2.47. The lowest BCUT2D eigenvalue weighted by Gasteiger charge is -2.31. The lowest BCUT2D eigenvalue weighted by molar-refractivity contribution is -0.136. The van der Waals surface area contributed by atoms with E-state index < -0.39 is 11.2 Å². The third kappa shape index (κ3) is 5.97. The first-order chi connectivity index (χ1) is 17.3. The molecule has 0 atom stereocenters. The zero-order chi connectivity index (χ0) is 25.7. The molecule has 0 saturated carbocycles. The van der Waals surface area contributed by atoms with Crippen LogP contribution in [0.4, 0.5) is 4.39 Å². The average molecular weight is 493 g/mol. The van der Waals surface area contributed by atoms with Crippen molar-refractivity contribution in [2.45, 2.75) is 39.4 Å². The van der Waals surface area contributed by atoms with Gasteiger partial charge in [0.2, 0.25) is 11.8 Å². The van der Waals surface area contributed by atoms with E-state index in [4.69, 9.17) is 0 Å². The molecule has 1 aliphatic rings. The van der Waals surface area contributed by atoms with Crippen LogP contribution in [0.5, 0.6) is 0 Å². The van der Waals surface area contributed by atoms with Gasteiger partial charge < -0.3 is 10.2 Å². The molecule has 1 saturated heterocycles. The maximum Gasteiger partial charge on any atom is 0.331 e. The topological polar surface area (TPSA) is 93.4 Å². The molecule has 2 amide bonds. The van der Waals surface area contributed by atoms with E-state index in [0.717, 1.165) is 10.1 Å². The highest BCUT2D eigenvalue weighted by Gasteiger charge is 2.27. The van der Waals surface area contributed by atoms with E-state index in [2.05, 4.69) is 5.32 Å². The number of halogens is 1. The molecule has 0 unspecified atom stereocenters. The minimum absolute atomic E-state index is 0.133. The largest absolute Gasteiger partial charge is 0.352 e. The second-order valence-electron chi connectivity index (χ2n) is 9.09. The van der Waals surface area contributed by atoms with Gasteiger partial charge in [0.25, 0.3) is 5.56 Å². The molecule has 0 bridgehead atoms. The van der Waals surface area contributed by atoms with Crippen molar-refractivity contribution >= 4 is 11.8 Å². The number of aromatic nitrogens is 2. The monoisotopic (exact) mass is 492 g/mol. The summed E-state index contributed by atoms with van der Waals surface area (Å²) in [5.41, 5.74) is 1.07. The van der Waals surface area contributed by atoms with Crippen molar-refractivity contribution in [3.63, 3.8) is 0 Å².